The molecule has 0 spiro atoms. The summed E-state index contributed by atoms with van der Waals surface area (Å²) in [5.41, 5.74) is 4.35. The van der Waals surface area contributed by atoms with Crippen LogP contribution in [0.25, 0.3) is 6.08 Å². The Bertz CT molecular complexity index is 777. The molecule has 0 atom stereocenters. The molecule has 1 aromatic carbocycles. The monoisotopic (exact) mass is 369 g/mol. The highest BCUT2D eigenvalue weighted by atomic mass is 16.5. The molecule has 2 rings (SSSR count). The van der Waals surface area contributed by atoms with Crippen LogP contribution in [-0.4, -0.2) is 25.2 Å². The lowest BCUT2D eigenvalue weighted by Crippen LogP contribution is -2.32. The minimum absolute atomic E-state index is 0.265. The van der Waals surface area contributed by atoms with E-state index in [0.717, 1.165) is 11.1 Å². The third kappa shape index (κ3) is 4.67. The smallest absolute Gasteiger partial charge is 0.336 e. The summed E-state index contributed by atoms with van der Waals surface area (Å²) < 4.78 is 10.5. The van der Waals surface area contributed by atoms with E-state index in [2.05, 4.69) is 5.32 Å². The van der Waals surface area contributed by atoms with E-state index in [0.29, 0.717) is 22.5 Å². The molecule has 0 saturated carbocycles. The zero-order valence-corrected chi connectivity index (χ0v) is 16.6. The molecule has 0 fully saturated rings. The Kier molecular flexibility index (Phi) is 6.99. The van der Waals surface area contributed by atoms with Gasteiger partial charge in [0.25, 0.3) is 0 Å². The van der Waals surface area contributed by atoms with Crippen molar-refractivity contribution in [2.75, 3.05) is 13.2 Å². The molecule has 0 aromatic heterocycles. The number of carbonyl (C=O) groups excluding carboxylic acids is 2. The van der Waals surface area contributed by atoms with Crippen LogP contribution in [0, 0.1) is 12.8 Å². The molecule has 1 aliphatic heterocycles. The van der Waals surface area contributed by atoms with Gasteiger partial charge in [0, 0.05) is 17.3 Å². The Hall–Kier alpha value is -2.82. The van der Waals surface area contributed by atoms with Gasteiger partial charge in [-0.3, -0.25) is 0 Å². The molecule has 0 aliphatic carbocycles. The minimum atomic E-state index is -0.538. The number of benzene rings is 1. The fourth-order valence-corrected chi connectivity index (χ4v) is 3.17. The van der Waals surface area contributed by atoms with E-state index < -0.39 is 17.9 Å². The molecule has 0 saturated heterocycles. The van der Waals surface area contributed by atoms with Gasteiger partial charge in [0.1, 0.15) is 0 Å². The lowest BCUT2D eigenvalue weighted by Gasteiger charge is -2.28. The van der Waals surface area contributed by atoms with E-state index in [1.165, 1.54) is 0 Å². The third-order valence-corrected chi connectivity index (χ3v) is 4.45. The first kappa shape index (κ1) is 20.5. The molecular weight excluding hydrogens is 342 g/mol. The zero-order valence-electron chi connectivity index (χ0n) is 16.6. The molecule has 0 bridgehead atoms. The molecule has 144 valence electrons. The second-order valence-electron chi connectivity index (χ2n) is 6.34. The van der Waals surface area contributed by atoms with Crippen LogP contribution < -0.4 is 5.32 Å². The molecular formula is C22H27NO4. The second kappa shape index (κ2) is 9.21. The van der Waals surface area contributed by atoms with E-state index in [-0.39, 0.29) is 13.2 Å². The average molecular weight is 369 g/mol. The highest BCUT2D eigenvalue weighted by molar-refractivity contribution is 5.98. The van der Waals surface area contributed by atoms with E-state index in [4.69, 9.17) is 9.47 Å². The van der Waals surface area contributed by atoms with Crippen LogP contribution >= 0.6 is 0 Å². The molecule has 1 heterocycles. The predicted molar refractivity (Wildman–Crippen MR) is 106 cm³/mol. The van der Waals surface area contributed by atoms with Gasteiger partial charge in [0.15, 0.2) is 0 Å². The molecule has 0 radical (unpaired) electrons. The average Bonchev–Trinajstić information content (AvgIpc) is 2.60. The van der Waals surface area contributed by atoms with Crippen molar-refractivity contribution in [1.82, 2.24) is 5.32 Å². The number of hydrogen-bond donors (Lipinski definition) is 1. The number of carbonyl (C=O) groups is 2. The summed E-state index contributed by atoms with van der Waals surface area (Å²) in [5, 5.41) is 3.12. The topological polar surface area (TPSA) is 64.6 Å². The summed E-state index contributed by atoms with van der Waals surface area (Å²) in [7, 11) is 0. The fourth-order valence-electron chi connectivity index (χ4n) is 3.17. The van der Waals surface area contributed by atoms with Crippen molar-refractivity contribution in [3.05, 3.63) is 64.0 Å². The van der Waals surface area contributed by atoms with Gasteiger partial charge in [-0.25, -0.2) is 9.59 Å². The van der Waals surface area contributed by atoms with Crippen molar-refractivity contribution >= 4 is 18.0 Å². The number of hydrogen-bond acceptors (Lipinski definition) is 5. The number of allylic oxidation sites excluding steroid dienone is 3. The number of aryl methyl sites for hydroxylation is 1. The Morgan fingerprint density at radius 3 is 1.96 bits per heavy atom. The molecule has 5 heteroatoms. The first-order valence-corrected chi connectivity index (χ1v) is 9.17. The Morgan fingerprint density at radius 1 is 0.963 bits per heavy atom. The molecule has 1 aliphatic rings. The van der Waals surface area contributed by atoms with Crippen LogP contribution in [-0.2, 0) is 19.1 Å². The Morgan fingerprint density at radius 2 is 1.48 bits per heavy atom. The highest BCUT2D eigenvalue weighted by Gasteiger charge is 2.35. The summed E-state index contributed by atoms with van der Waals surface area (Å²) in [6.45, 7) is 9.69. The van der Waals surface area contributed by atoms with Crippen molar-refractivity contribution < 1.29 is 19.1 Å². The third-order valence-electron chi connectivity index (χ3n) is 4.45. The highest BCUT2D eigenvalue weighted by Crippen LogP contribution is 2.33. The number of ether oxygens (including phenoxy) is 2. The summed E-state index contributed by atoms with van der Waals surface area (Å²) in [6.07, 6.45) is 3.80. The molecule has 1 aromatic rings. The fraction of sp³-hybridized carbons (Fsp3) is 0.364. The van der Waals surface area contributed by atoms with Gasteiger partial charge in [0.05, 0.1) is 24.4 Å². The standard InChI is InChI=1S/C22H27NO4/c1-6-26-21(24)19-15(4)23-16(5)20(22(25)27-7-2)18(19)13-12-17-11-9-8-10-14(17)3/h8-13,18,23H,6-7H2,1-5H3/b13-12+. The summed E-state index contributed by atoms with van der Waals surface area (Å²) >= 11 is 0. The first-order chi connectivity index (χ1) is 12.9. The van der Waals surface area contributed by atoms with Gasteiger partial charge >= 0.3 is 11.9 Å². The normalized spacial score (nSPS) is 15.1. The first-order valence-electron chi connectivity index (χ1n) is 9.17. The maximum Gasteiger partial charge on any atom is 0.336 e. The van der Waals surface area contributed by atoms with Gasteiger partial charge in [0.2, 0.25) is 0 Å². The minimum Gasteiger partial charge on any atom is -0.463 e. The Balaban J connectivity index is 2.53. The van der Waals surface area contributed by atoms with Crippen LogP contribution in [0.15, 0.2) is 52.9 Å². The van der Waals surface area contributed by atoms with E-state index >= 15 is 0 Å². The van der Waals surface area contributed by atoms with Gasteiger partial charge in [-0.1, -0.05) is 36.4 Å². The van der Waals surface area contributed by atoms with Gasteiger partial charge in [-0.15, -0.1) is 0 Å². The second-order valence-corrected chi connectivity index (χ2v) is 6.34. The van der Waals surface area contributed by atoms with Crippen LogP contribution in [0.3, 0.4) is 0 Å². The predicted octanol–water partition coefficient (Wildman–Crippen LogP) is 3.90. The maximum atomic E-state index is 12.6. The summed E-state index contributed by atoms with van der Waals surface area (Å²) in [6, 6.07) is 7.94. The lowest BCUT2D eigenvalue weighted by atomic mass is 9.84. The van der Waals surface area contributed by atoms with Crippen LogP contribution in [0.4, 0.5) is 0 Å². The van der Waals surface area contributed by atoms with Crippen molar-refractivity contribution in [3.8, 4) is 0 Å². The zero-order chi connectivity index (χ0) is 20.0. The summed E-state index contributed by atoms with van der Waals surface area (Å²) in [4.78, 5) is 25.2. The molecule has 0 amide bonds. The van der Waals surface area contributed by atoms with Crippen molar-refractivity contribution in [2.45, 2.75) is 34.6 Å². The van der Waals surface area contributed by atoms with Gasteiger partial charge < -0.3 is 14.8 Å². The lowest BCUT2D eigenvalue weighted by molar-refractivity contribution is -0.139. The van der Waals surface area contributed by atoms with Crippen LogP contribution in [0.1, 0.15) is 38.8 Å². The van der Waals surface area contributed by atoms with Gasteiger partial charge in [-0.2, -0.15) is 0 Å². The van der Waals surface area contributed by atoms with E-state index in [1.807, 2.05) is 57.2 Å². The van der Waals surface area contributed by atoms with E-state index in [1.54, 1.807) is 13.8 Å². The van der Waals surface area contributed by atoms with Crippen molar-refractivity contribution in [3.63, 3.8) is 0 Å². The van der Waals surface area contributed by atoms with Crippen molar-refractivity contribution in [1.29, 1.82) is 0 Å². The SMILES string of the molecule is CCOC(=O)C1=C(C)NC(C)=C(C(=O)OCC)C1/C=C/c1ccccc1C. The number of nitrogens with one attached hydrogen (secondary N) is 1. The van der Waals surface area contributed by atoms with Crippen molar-refractivity contribution in [2.24, 2.45) is 5.92 Å². The molecule has 0 unspecified atom stereocenters. The largest absolute Gasteiger partial charge is 0.463 e. The van der Waals surface area contributed by atoms with Gasteiger partial charge in [-0.05, 0) is 45.7 Å². The molecule has 5 nitrogen and oxygen atoms in total. The van der Waals surface area contributed by atoms with E-state index in [9.17, 15) is 9.59 Å². The maximum absolute atomic E-state index is 12.6. The quantitative estimate of drug-likeness (QED) is 0.771. The number of esters is 2. The Labute approximate surface area is 160 Å². The molecule has 1 N–H and O–H groups in total. The van der Waals surface area contributed by atoms with Crippen LogP contribution in [0.2, 0.25) is 0 Å². The number of dihydropyridines is 1. The summed E-state index contributed by atoms with van der Waals surface area (Å²) in [5.74, 6) is -1.41. The number of rotatable bonds is 6. The van der Waals surface area contributed by atoms with Crippen LogP contribution in [0.5, 0.6) is 0 Å². The molecule has 27 heavy (non-hydrogen) atoms.